The second kappa shape index (κ2) is 4.84. The van der Waals surface area contributed by atoms with Crippen LogP contribution in [0.3, 0.4) is 0 Å². The zero-order valence-electron chi connectivity index (χ0n) is 11.2. The maximum atomic E-state index is 4.40. The van der Waals surface area contributed by atoms with Crippen molar-refractivity contribution in [3.05, 3.63) is 34.2 Å². The topological polar surface area (TPSA) is 46.8 Å². The van der Waals surface area contributed by atoms with Crippen LogP contribution < -0.4 is 4.90 Å². The van der Waals surface area contributed by atoms with Crippen molar-refractivity contribution in [1.82, 2.24) is 20.0 Å². The van der Waals surface area contributed by atoms with E-state index >= 15 is 0 Å². The Morgan fingerprint density at radius 3 is 2.80 bits per heavy atom. The van der Waals surface area contributed by atoms with Crippen LogP contribution in [0.2, 0.25) is 0 Å². The number of nitrogens with zero attached hydrogens (tertiary/aromatic N) is 5. The number of hydrogen-bond donors (Lipinski definition) is 0. The molecule has 0 N–H and O–H groups in total. The first-order valence-electron chi connectivity index (χ1n) is 7.10. The Hall–Kier alpha value is -1.43. The summed E-state index contributed by atoms with van der Waals surface area (Å²) in [4.78, 5) is 2.28. The minimum Gasteiger partial charge on any atom is -0.351 e. The Labute approximate surface area is 126 Å². The SMILES string of the molecule is Brc1cnn(C2CN(c3cc4c(nn3)CCCC4)C2)c1. The number of fused-ring (bicyclic) bond motifs is 1. The third-order valence-electron chi connectivity index (χ3n) is 4.19. The van der Waals surface area contributed by atoms with E-state index in [2.05, 4.69) is 42.2 Å². The van der Waals surface area contributed by atoms with Gasteiger partial charge in [0.25, 0.3) is 0 Å². The van der Waals surface area contributed by atoms with E-state index in [1.807, 2.05) is 17.1 Å². The Balaban J connectivity index is 1.48. The van der Waals surface area contributed by atoms with Crippen molar-refractivity contribution in [2.75, 3.05) is 18.0 Å². The minimum absolute atomic E-state index is 0.444. The molecular weight excluding hydrogens is 318 g/mol. The Kier molecular flexibility index (Phi) is 2.98. The number of aromatic nitrogens is 4. The zero-order valence-corrected chi connectivity index (χ0v) is 12.8. The van der Waals surface area contributed by atoms with Crippen molar-refractivity contribution in [2.24, 2.45) is 0 Å². The van der Waals surface area contributed by atoms with Gasteiger partial charge in [-0.3, -0.25) is 4.68 Å². The van der Waals surface area contributed by atoms with E-state index in [1.165, 1.54) is 24.1 Å². The largest absolute Gasteiger partial charge is 0.351 e. The fourth-order valence-corrected chi connectivity index (χ4v) is 3.26. The fourth-order valence-electron chi connectivity index (χ4n) is 2.96. The van der Waals surface area contributed by atoms with E-state index in [0.29, 0.717) is 6.04 Å². The van der Waals surface area contributed by atoms with Crippen LogP contribution in [0.15, 0.2) is 22.9 Å². The second-order valence-corrected chi connectivity index (χ2v) is 6.49. The Morgan fingerprint density at radius 2 is 2.00 bits per heavy atom. The molecule has 0 spiro atoms. The molecule has 0 aromatic carbocycles. The molecule has 1 aliphatic heterocycles. The van der Waals surface area contributed by atoms with Crippen LogP contribution >= 0.6 is 15.9 Å². The lowest BCUT2D eigenvalue weighted by Crippen LogP contribution is -2.48. The molecule has 0 atom stereocenters. The number of anilines is 1. The summed E-state index contributed by atoms with van der Waals surface area (Å²) in [6, 6.07) is 2.68. The van der Waals surface area contributed by atoms with E-state index < -0.39 is 0 Å². The van der Waals surface area contributed by atoms with Crippen LogP contribution in [0.1, 0.15) is 30.1 Å². The molecule has 0 amide bonds. The first-order valence-corrected chi connectivity index (χ1v) is 7.89. The van der Waals surface area contributed by atoms with Gasteiger partial charge in [-0.15, -0.1) is 5.10 Å². The van der Waals surface area contributed by atoms with Gasteiger partial charge < -0.3 is 4.90 Å². The van der Waals surface area contributed by atoms with Gasteiger partial charge in [-0.25, -0.2) is 0 Å². The molecule has 2 aromatic heterocycles. The molecule has 1 aliphatic carbocycles. The summed E-state index contributed by atoms with van der Waals surface area (Å²) in [5.41, 5.74) is 2.60. The average Bonchev–Trinajstić information content (AvgIpc) is 2.83. The van der Waals surface area contributed by atoms with E-state index in [-0.39, 0.29) is 0 Å². The molecule has 2 aliphatic rings. The highest BCUT2D eigenvalue weighted by atomic mass is 79.9. The van der Waals surface area contributed by atoms with Crippen molar-refractivity contribution in [1.29, 1.82) is 0 Å². The molecule has 2 aromatic rings. The molecule has 0 radical (unpaired) electrons. The molecule has 4 rings (SSSR count). The lowest BCUT2D eigenvalue weighted by atomic mass is 9.96. The van der Waals surface area contributed by atoms with Gasteiger partial charge >= 0.3 is 0 Å². The van der Waals surface area contributed by atoms with Gasteiger partial charge in [0.1, 0.15) is 0 Å². The van der Waals surface area contributed by atoms with E-state index in [0.717, 1.165) is 36.2 Å². The highest BCUT2D eigenvalue weighted by Crippen LogP contribution is 2.29. The molecule has 6 heteroatoms. The number of halogens is 1. The molecule has 1 fully saturated rings. The smallest absolute Gasteiger partial charge is 0.151 e. The average molecular weight is 334 g/mol. The lowest BCUT2D eigenvalue weighted by molar-refractivity contribution is 0.364. The normalized spacial score (nSPS) is 18.8. The molecular formula is C14H16BrN5. The van der Waals surface area contributed by atoms with Crippen LogP contribution in [0, 0.1) is 0 Å². The first kappa shape index (κ1) is 12.3. The van der Waals surface area contributed by atoms with E-state index in [4.69, 9.17) is 0 Å². The van der Waals surface area contributed by atoms with Crippen LogP contribution in [0.4, 0.5) is 5.82 Å². The zero-order chi connectivity index (χ0) is 13.5. The van der Waals surface area contributed by atoms with Gasteiger partial charge in [0.05, 0.1) is 22.4 Å². The monoisotopic (exact) mass is 333 g/mol. The van der Waals surface area contributed by atoms with Gasteiger partial charge in [-0.2, -0.15) is 10.2 Å². The molecule has 0 saturated carbocycles. The highest BCUT2D eigenvalue weighted by Gasteiger charge is 2.30. The summed E-state index contributed by atoms with van der Waals surface area (Å²) in [5, 5.41) is 13.1. The van der Waals surface area contributed by atoms with Crippen molar-refractivity contribution >= 4 is 21.7 Å². The minimum atomic E-state index is 0.444. The fraction of sp³-hybridized carbons (Fsp3) is 0.500. The van der Waals surface area contributed by atoms with Gasteiger partial charge in [0.15, 0.2) is 5.82 Å². The van der Waals surface area contributed by atoms with Crippen molar-refractivity contribution in [3.8, 4) is 0 Å². The highest BCUT2D eigenvalue weighted by molar-refractivity contribution is 9.10. The second-order valence-electron chi connectivity index (χ2n) is 5.58. The molecule has 104 valence electrons. The lowest BCUT2D eigenvalue weighted by Gasteiger charge is -2.40. The van der Waals surface area contributed by atoms with Gasteiger partial charge in [-0.1, -0.05) is 0 Å². The van der Waals surface area contributed by atoms with E-state index in [1.54, 1.807) is 0 Å². The summed E-state index contributed by atoms with van der Waals surface area (Å²) in [7, 11) is 0. The van der Waals surface area contributed by atoms with Crippen LogP contribution in [0.5, 0.6) is 0 Å². The van der Waals surface area contributed by atoms with Crippen molar-refractivity contribution in [3.63, 3.8) is 0 Å². The maximum absolute atomic E-state index is 4.40. The molecule has 5 nitrogen and oxygen atoms in total. The van der Waals surface area contributed by atoms with Crippen LogP contribution in [-0.2, 0) is 12.8 Å². The molecule has 20 heavy (non-hydrogen) atoms. The molecule has 1 saturated heterocycles. The number of aryl methyl sites for hydroxylation is 2. The first-order chi connectivity index (χ1) is 9.79. The van der Waals surface area contributed by atoms with Crippen LogP contribution in [0.25, 0.3) is 0 Å². The molecule has 0 unspecified atom stereocenters. The summed E-state index contributed by atoms with van der Waals surface area (Å²) in [6.07, 6.45) is 8.64. The summed E-state index contributed by atoms with van der Waals surface area (Å²) >= 11 is 3.44. The number of hydrogen-bond acceptors (Lipinski definition) is 4. The summed E-state index contributed by atoms with van der Waals surface area (Å²) < 4.78 is 3.05. The Morgan fingerprint density at radius 1 is 1.15 bits per heavy atom. The van der Waals surface area contributed by atoms with Crippen molar-refractivity contribution in [2.45, 2.75) is 31.7 Å². The third kappa shape index (κ3) is 2.12. The van der Waals surface area contributed by atoms with Crippen molar-refractivity contribution < 1.29 is 0 Å². The quantitative estimate of drug-likeness (QED) is 0.846. The predicted octanol–water partition coefficient (Wildman–Crippen LogP) is 2.38. The van der Waals surface area contributed by atoms with Crippen LogP contribution in [-0.4, -0.2) is 33.1 Å². The number of rotatable bonds is 2. The Bertz CT molecular complexity index is 632. The van der Waals surface area contributed by atoms with Gasteiger partial charge in [-0.05, 0) is 53.2 Å². The standard InChI is InChI=1S/C14H16BrN5/c15-11-6-16-20(7-11)12-8-19(9-12)14-5-10-3-1-2-4-13(10)17-18-14/h5-7,12H,1-4,8-9H2. The summed E-state index contributed by atoms with van der Waals surface area (Å²) in [5.74, 6) is 1.02. The van der Waals surface area contributed by atoms with Gasteiger partial charge in [0.2, 0.25) is 0 Å². The molecule has 0 bridgehead atoms. The third-order valence-corrected chi connectivity index (χ3v) is 4.60. The summed E-state index contributed by atoms with van der Waals surface area (Å²) in [6.45, 7) is 1.92. The van der Waals surface area contributed by atoms with Gasteiger partial charge in [0, 0.05) is 19.3 Å². The maximum Gasteiger partial charge on any atom is 0.151 e. The van der Waals surface area contributed by atoms with E-state index in [9.17, 15) is 0 Å². The predicted molar refractivity (Wildman–Crippen MR) is 79.9 cm³/mol. The molecule has 3 heterocycles.